The van der Waals surface area contributed by atoms with Crippen LogP contribution in [-0.4, -0.2) is 30.4 Å². The Balaban J connectivity index is 2.95. The Labute approximate surface area is 127 Å². The highest BCUT2D eigenvalue weighted by Gasteiger charge is 2.17. The van der Waals surface area contributed by atoms with Crippen molar-refractivity contribution in [3.63, 3.8) is 0 Å². The molecule has 0 radical (unpaired) electrons. The van der Waals surface area contributed by atoms with E-state index < -0.39 is 18.7 Å². The molecule has 2 amide bonds. The van der Waals surface area contributed by atoms with Gasteiger partial charge in [-0.05, 0) is 35.0 Å². The van der Waals surface area contributed by atoms with Crippen molar-refractivity contribution in [2.45, 2.75) is 19.6 Å². The molecule has 112 valence electrons. The number of nitrogens with one attached hydrogen (secondary N) is 2. The number of carbonyl (C=O) groups is 1. The summed E-state index contributed by atoms with van der Waals surface area (Å²) in [4.78, 5) is 11.6. The summed E-state index contributed by atoms with van der Waals surface area (Å²) in [6.07, 6.45) is 0. The van der Waals surface area contributed by atoms with E-state index >= 15 is 0 Å². The largest absolute Gasteiger partial charge is 0.431 e. The predicted octanol–water partition coefficient (Wildman–Crippen LogP) is 3.21. The van der Waals surface area contributed by atoms with Crippen molar-refractivity contribution in [2.24, 2.45) is 0 Å². The molecular formula is C11H12BrClF2N2O3. The first-order valence-corrected chi connectivity index (χ1v) is 6.62. The average molecular weight is 374 g/mol. The van der Waals surface area contributed by atoms with Crippen molar-refractivity contribution in [2.75, 3.05) is 11.9 Å². The zero-order valence-electron chi connectivity index (χ0n) is 10.3. The van der Waals surface area contributed by atoms with Crippen molar-refractivity contribution in [3.05, 3.63) is 21.6 Å². The van der Waals surface area contributed by atoms with Gasteiger partial charge >= 0.3 is 12.6 Å². The van der Waals surface area contributed by atoms with E-state index in [-0.39, 0.29) is 27.5 Å². The number of rotatable bonds is 5. The first-order valence-electron chi connectivity index (χ1n) is 5.45. The van der Waals surface area contributed by atoms with Gasteiger partial charge in [-0.3, -0.25) is 0 Å². The molecular weight excluding hydrogens is 361 g/mol. The van der Waals surface area contributed by atoms with Crippen LogP contribution in [0, 0.1) is 0 Å². The summed E-state index contributed by atoms with van der Waals surface area (Å²) in [5.41, 5.74) is -0.0210. The number of halogens is 4. The van der Waals surface area contributed by atoms with E-state index in [0.717, 1.165) is 0 Å². The van der Waals surface area contributed by atoms with E-state index in [4.69, 9.17) is 16.7 Å². The van der Waals surface area contributed by atoms with Crippen LogP contribution in [0.4, 0.5) is 19.3 Å². The third-order valence-corrected chi connectivity index (χ3v) is 2.92. The first-order chi connectivity index (χ1) is 9.33. The van der Waals surface area contributed by atoms with Crippen LogP contribution in [0.25, 0.3) is 0 Å². The van der Waals surface area contributed by atoms with Gasteiger partial charge in [0.15, 0.2) is 5.75 Å². The molecule has 0 saturated heterocycles. The number of anilines is 1. The van der Waals surface area contributed by atoms with E-state index in [1.54, 1.807) is 6.92 Å². The van der Waals surface area contributed by atoms with Crippen LogP contribution >= 0.6 is 27.5 Å². The third kappa shape index (κ3) is 5.10. The van der Waals surface area contributed by atoms with E-state index in [1.165, 1.54) is 12.1 Å². The first kappa shape index (κ1) is 16.9. The zero-order chi connectivity index (χ0) is 15.3. The lowest BCUT2D eigenvalue weighted by molar-refractivity contribution is -0.0498. The highest BCUT2D eigenvalue weighted by atomic mass is 79.9. The maximum absolute atomic E-state index is 12.3. The molecule has 0 heterocycles. The van der Waals surface area contributed by atoms with Crippen LogP contribution in [0.15, 0.2) is 16.6 Å². The normalized spacial score (nSPS) is 12.2. The van der Waals surface area contributed by atoms with Crippen molar-refractivity contribution in [3.8, 4) is 5.75 Å². The Kier molecular flexibility index (Phi) is 6.44. The molecule has 9 heteroatoms. The van der Waals surface area contributed by atoms with Gasteiger partial charge in [-0.2, -0.15) is 8.78 Å². The van der Waals surface area contributed by atoms with Crippen LogP contribution in [0.5, 0.6) is 5.75 Å². The van der Waals surface area contributed by atoms with Gasteiger partial charge < -0.3 is 20.5 Å². The van der Waals surface area contributed by atoms with Gasteiger partial charge in [-0.1, -0.05) is 11.6 Å². The highest BCUT2D eigenvalue weighted by molar-refractivity contribution is 9.10. The van der Waals surface area contributed by atoms with Crippen LogP contribution < -0.4 is 15.4 Å². The monoisotopic (exact) mass is 372 g/mol. The molecule has 1 atom stereocenters. The molecule has 0 aliphatic heterocycles. The lowest BCUT2D eigenvalue weighted by Gasteiger charge is -2.16. The number of hydrogen-bond acceptors (Lipinski definition) is 3. The van der Waals surface area contributed by atoms with Crippen LogP contribution in [0.1, 0.15) is 6.92 Å². The molecule has 3 N–H and O–H groups in total. The Morgan fingerprint density at radius 3 is 2.75 bits per heavy atom. The molecule has 5 nitrogen and oxygen atoms in total. The summed E-state index contributed by atoms with van der Waals surface area (Å²) in [6.45, 7) is -1.73. The summed E-state index contributed by atoms with van der Waals surface area (Å²) in [5, 5.41) is 13.8. The van der Waals surface area contributed by atoms with Gasteiger partial charge in [-0.25, -0.2) is 4.79 Å². The molecule has 0 bridgehead atoms. The van der Waals surface area contributed by atoms with Gasteiger partial charge in [0.25, 0.3) is 0 Å². The molecule has 0 aromatic heterocycles. The van der Waals surface area contributed by atoms with Gasteiger partial charge in [-0.15, -0.1) is 0 Å². The van der Waals surface area contributed by atoms with Gasteiger partial charge in [0.2, 0.25) is 0 Å². The summed E-state index contributed by atoms with van der Waals surface area (Å²) >= 11 is 8.82. The minimum Gasteiger partial charge on any atom is -0.431 e. The molecule has 0 fully saturated rings. The molecule has 0 aliphatic carbocycles. The second-order valence-electron chi connectivity index (χ2n) is 3.82. The van der Waals surface area contributed by atoms with Gasteiger partial charge in [0, 0.05) is 5.02 Å². The van der Waals surface area contributed by atoms with E-state index in [1.807, 2.05) is 0 Å². The minimum atomic E-state index is -3.05. The number of alkyl halides is 2. The van der Waals surface area contributed by atoms with Gasteiger partial charge in [0.05, 0.1) is 22.8 Å². The Hall–Kier alpha value is -1.12. The second-order valence-corrected chi connectivity index (χ2v) is 5.12. The fraction of sp³-hybridized carbons (Fsp3) is 0.364. The molecule has 0 unspecified atom stereocenters. The number of hydrogen-bond donors (Lipinski definition) is 3. The number of ether oxygens (including phenoxy) is 1. The van der Waals surface area contributed by atoms with Crippen LogP contribution in [0.3, 0.4) is 0 Å². The SMILES string of the molecule is C[C@H](CO)NC(=O)Nc1cc(Cl)cc(Br)c1OC(F)F. The molecule has 0 spiro atoms. The summed E-state index contributed by atoms with van der Waals surface area (Å²) in [7, 11) is 0. The zero-order valence-corrected chi connectivity index (χ0v) is 12.6. The smallest absolute Gasteiger partial charge is 0.387 e. The third-order valence-electron chi connectivity index (χ3n) is 2.11. The summed E-state index contributed by atoms with van der Waals surface area (Å²) in [6, 6.07) is 1.46. The molecule has 20 heavy (non-hydrogen) atoms. The van der Waals surface area contributed by atoms with Crippen molar-refractivity contribution in [1.82, 2.24) is 5.32 Å². The van der Waals surface area contributed by atoms with E-state index in [2.05, 4.69) is 31.3 Å². The van der Waals surface area contributed by atoms with Crippen molar-refractivity contribution in [1.29, 1.82) is 0 Å². The van der Waals surface area contributed by atoms with Crippen molar-refractivity contribution < 1.29 is 23.4 Å². The van der Waals surface area contributed by atoms with Gasteiger partial charge in [0.1, 0.15) is 0 Å². The quantitative estimate of drug-likeness (QED) is 0.742. The number of aliphatic hydroxyl groups excluding tert-OH is 1. The van der Waals surface area contributed by atoms with Crippen LogP contribution in [0.2, 0.25) is 5.02 Å². The van der Waals surface area contributed by atoms with E-state index in [9.17, 15) is 13.6 Å². The Bertz CT molecular complexity index is 491. The molecule has 0 saturated carbocycles. The average Bonchev–Trinajstić information content (AvgIpc) is 2.32. The summed E-state index contributed by atoms with van der Waals surface area (Å²) < 4.78 is 29.2. The van der Waals surface area contributed by atoms with E-state index in [0.29, 0.717) is 0 Å². The highest BCUT2D eigenvalue weighted by Crippen LogP contribution is 2.37. The molecule has 1 rings (SSSR count). The fourth-order valence-corrected chi connectivity index (χ4v) is 2.19. The number of amides is 2. The maximum atomic E-state index is 12.3. The second kappa shape index (κ2) is 7.61. The lowest BCUT2D eigenvalue weighted by Crippen LogP contribution is -2.38. The molecule has 1 aromatic carbocycles. The lowest BCUT2D eigenvalue weighted by atomic mass is 10.3. The Morgan fingerprint density at radius 2 is 2.20 bits per heavy atom. The maximum Gasteiger partial charge on any atom is 0.387 e. The minimum absolute atomic E-state index is 0.0210. The number of urea groups is 1. The number of aliphatic hydroxyl groups is 1. The number of carbonyl (C=O) groups excluding carboxylic acids is 1. The summed E-state index contributed by atoms with van der Waals surface area (Å²) in [5.74, 6) is -0.240. The fourth-order valence-electron chi connectivity index (χ4n) is 1.29. The Morgan fingerprint density at radius 1 is 1.55 bits per heavy atom. The molecule has 0 aliphatic rings. The standard InChI is InChI=1S/C11H12BrClF2N2O3/c1-5(4-18)16-11(19)17-8-3-6(13)2-7(12)9(8)20-10(14)15/h2-3,5,10,18H,4H2,1H3,(H2,16,17,19)/t5-/m1/s1. The van der Waals surface area contributed by atoms with Crippen LogP contribution in [-0.2, 0) is 0 Å². The topological polar surface area (TPSA) is 70.6 Å². The molecule has 1 aromatic rings. The predicted molar refractivity (Wildman–Crippen MR) is 74.5 cm³/mol. The number of benzene rings is 1. The van der Waals surface area contributed by atoms with Crippen molar-refractivity contribution >= 4 is 39.2 Å².